The van der Waals surface area contributed by atoms with E-state index >= 15 is 0 Å². The van der Waals surface area contributed by atoms with Gasteiger partial charge in [0.05, 0.1) is 11.9 Å². The van der Waals surface area contributed by atoms with Gasteiger partial charge in [-0.1, -0.05) is 0 Å². The fourth-order valence-electron chi connectivity index (χ4n) is 1.93. The summed E-state index contributed by atoms with van der Waals surface area (Å²) in [4.78, 5) is 8.52. The topological polar surface area (TPSA) is 42.2 Å². The van der Waals surface area contributed by atoms with Gasteiger partial charge in [0, 0.05) is 25.0 Å². The van der Waals surface area contributed by atoms with Crippen molar-refractivity contribution in [3.05, 3.63) is 48.7 Å². The van der Waals surface area contributed by atoms with Crippen LogP contribution in [0.25, 0.3) is 16.9 Å². The number of halogens is 1. The second-order valence-electron chi connectivity index (χ2n) is 3.87. The van der Waals surface area contributed by atoms with Crippen LogP contribution in [-0.4, -0.2) is 21.4 Å². The number of fused-ring (bicyclic) bond motifs is 1. The average molecular weight is 242 g/mol. The van der Waals surface area contributed by atoms with E-state index in [1.165, 1.54) is 12.1 Å². The van der Waals surface area contributed by atoms with Gasteiger partial charge in [0.15, 0.2) is 11.5 Å². The molecule has 0 saturated carbocycles. The van der Waals surface area contributed by atoms with Crippen LogP contribution in [0, 0.1) is 5.82 Å². The van der Waals surface area contributed by atoms with E-state index in [9.17, 15) is 4.39 Å². The molecular weight excluding hydrogens is 231 g/mol. The quantitative estimate of drug-likeness (QED) is 0.751. The molecule has 0 unspecified atom stereocenters. The van der Waals surface area contributed by atoms with Gasteiger partial charge in [0.25, 0.3) is 0 Å². The van der Waals surface area contributed by atoms with Crippen molar-refractivity contribution >= 4 is 11.5 Å². The van der Waals surface area contributed by atoms with Gasteiger partial charge in [-0.15, -0.1) is 0 Å². The number of nitrogens with zero attached hydrogens (tertiary/aromatic N) is 3. The highest BCUT2D eigenvalue weighted by molar-refractivity contribution is 5.70. The Kier molecular flexibility index (Phi) is 2.44. The minimum Gasteiger partial charge on any atom is -0.370 e. The summed E-state index contributed by atoms with van der Waals surface area (Å²) in [6, 6.07) is 6.35. The Morgan fingerprint density at radius 2 is 1.94 bits per heavy atom. The predicted octanol–water partition coefficient (Wildman–Crippen LogP) is 2.58. The second kappa shape index (κ2) is 4.10. The molecular formula is C13H11FN4. The van der Waals surface area contributed by atoms with Gasteiger partial charge in [-0.25, -0.2) is 14.4 Å². The van der Waals surface area contributed by atoms with Crippen molar-refractivity contribution in [2.45, 2.75) is 0 Å². The summed E-state index contributed by atoms with van der Waals surface area (Å²) in [5.41, 5.74) is 2.57. The Balaban J connectivity index is 2.21. The first-order valence-corrected chi connectivity index (χ1v) is 5.55. The zero-order chi connectivity index (χ0) is 12.5. The molecule has 0 saturated heterocycles. The van der Waals surface area contributed by atoms with Gasteiger partial charge < -0.3 is 5.32 Å². The maximum Gasteiger partial charge on any atom is 0.180 e. The van der Waals surface area contributed by atoms with Crippen LogP contribution >= 0.6 is 0 Å². The predicted molar refractivity (Wildman–Crippen MR) is 67.9 cm³/mol. The molecule has 1 N–H and O–H groups in total. The van der Waals surface area contributed by atoms with Gasteiger partial charge in [0.2, 0.25) is 0 Å². The summed E-state index contributed by atoms with van der Waals surface area (Å²) in [5, 5.41) is 2.99. The molecule has 0 fully saturated rings. The number of benzene rings is 1. The Morgan fingerprint density at radius 1 is 1.17 bits per heavy atom. The van der Waals surface area contributed by atoms with Crippen molar-refractivity contribution in [2.75, 3.05) is 12.4 Å². The molecule has 0 aliphatic heterocycles. The largest absolute Gasteiger partial charge is 0.370 e. The highest BCUT2D eigenvalue weighted by Crippen LogP contribution is 2.23. The van der Waals surface area contributed by atoms with E-state index in [4.69, 9.17) is 0 Å². The van der Waals surface area contributed by atoms with Gasteiger partial charge >= 0.3 is 0 Å². The smallest absolute Gasteiger partial charge is 0.180 e. The summed E-state index contributed by atoms with van der Waals surface area (Å²) in [6.45, 7) is 0. The van der Waals surface area contributed by atoms with Gasteiger partial charge in [0.1, 0.15) is 5.82 Å². The van der Waals surface area contributed by atoms with Crippen molar-refractivity contribution in [2.24, 2.45) is 0 Å². The molecule has 0 bridgehead atoms. The lowest BCUT2D eigenvalue weighted by Crippen LogP contribution is -1.97. The number of imidazole rings is 1. The number of rotatable bonds is 2. The normalized spacial score (nSPS) is 10.8. The molecule has 0 amide bonds. The zero-order valence-electron chi connectivity index (χ0n) is 9.76. The number of nitrogens with one attached hydrogen (secondary N) is 1. The maximum absolute atomic E-state index is 12.9. The van der Waals surface area contributed by atoms with E-state index < -0.39 is 0 Å². The minimum atomic E-state index is -0.245. The first-order valence-electron chi connectivity index (χ1n) is 5.55. The highest BCUT2D eigenvalue weighted by atomic mass is 19.1. The van der Waals surface area contributed by atoms with Crippen LogP contribution in [0.15, 0.2) is 42.9 Å². The zero-order valence-corrected chi connectivity index (χ0v) is 9.76. The van der Waals surface area contributed by atoms with E-state index in [-0.39, 0.29) is 5.82 Å². The number of aromatic nitrogens is 3. The van der Waals surface area contributed by atoms with Crippen LogP contribution in [0.2, 0.25) is 0 Å². The third-order valence-electron chi connectivity index (χ3n) is 2.80. The van der Waals surface area contributed by atoms with Crippen LogP contribution < -0.4 is 5.32 Å². The van der Waals surface area contributed by atoms with Crippen LogP contribution in [0.4, 0.5) is 10.2 Å². The van der Waals surface area contributed by atoms with Gasteiger partial charge in [-0.3, -0.25) is 4.40 Å². The van der Waals surface area contributed by atoms with E-state index in [2.05, 4.69) is 15.3 Å². The molecule has 1 aromatic carbocycles. The standard InChI is InChI=1S/C13H11FN4/c1-15-12-13-17-8-11(18(13)7-6-16-12)9-2-4-10(14)5-3-9/h2-8H,1H3,(H,15,16). The number of anilines is 1. The molecule has 18 heavy (non-hydrogen) atoms. The molecule has 0 atom stereocenters. The van der Waals surface area contributed by atoms with Crippen molar-refractivity contribution in [3.63, 3.8) is 0 Å². The monoisotopic (exact) mass is 242 g/mol. The Hall–Kier alpha value is -2.43. The summed E-state index contributed by atoms with van der Waals surface area (Å²) >= 11 is 0. The molecule has 2 aromatic heterocycles. The average Bonchev–Trinajstić information content (AvgIpc) is 2.83. The lowest BCUT2D eigenvalue weighted by atomic mass is 10.2. The number of hydrogen-bond donors (Lipinski definition) is 1. The summed E-state index contributed by atoms with van der Waals surface area (Å²) in [7, 11) is 1.80. The third kappa shape index (κ3) is 1.60. The SMILES string of the molecule is CNc1nccn2c(-c3ccc(F)cc3)cnc12. The van der Waals surface area contributed by atoms with E-state index in [0.717, 1.165) is 16.9 Å². The summed E-state index contributed by atoms with van der Waals surface area (Å²) in [5.74, 6) is 0.469. The fraction of sp³-hybridized carbons (Fsp3) is 0.0769. The van der Waals surface area contributed by atoms with Gasteiger partial charge in [-0.2, -0.15) is 0 Å². The molecule has 0 aliphatic rings. The van der Waals surface area contributed by atoms with Crippen LogP contribution in [0.1, 0.15) is 0 Å². The molecule has 3 rings (SSSR count). The van der Waals surface area contributed by atoms with Crippen molar-refractivity contribution in [3.8, 4) is 11.3 Å². The molecule has 3 aromatic rings. The van der Waals surface area contributed by atoms with Crippen LogP contribution in [-0.2, 0) is 0 Å². The van der Waals surface area contributed by atoms with Crippen molar-refractivity contribution in [1.82, 2.24) is 14.4 Å². The first kappa shape index (κ1) is 10.7. The van der Waals surface area contributed by atoms with Gasteiger partial charge in [-0.05, 0) is 24.3 Å². The molecule has 5 heteroatoms. The molecule has 0 radical (unpaired) electrons. The van der Waals surface area contributed by atoms with Crippen molar-refractivity contribution in [1.29, 1.82) is 0 Å². The summed E-state index contributed by atoms with van der Waals surface area (Å²) in [6.07, 6.45) is 5.29. The molecule has 0 spiro atoms. The first-order chi connectivity index (χ1) is 8.79. The van der Waals surface area contributed by atoms with E-state index in [1.807, 2.05) is 10.6 Å². The minimum absolute atomic E-state index is 0.245. The Labute approximate surface area is 103 Å². The Morgan fingerprint density at radius 3 is 2.67 bits per heavy atom. The molecule has 2 heterocycles. The molecule has 4 nitrogen and oxygen atoms in total. The van der Waals surface area contributed by atoms with Crippen LogP contribution in [0.5, 0.6) is 0 Å². The van der Waals surface area contributed by atoms with E-state index in [0.29, 0.717) is 5.82 Å². The van der Waals surface area contributed by atoms with Crippen LogP contribution in [0.3, 0.4) is 0 Å². The maximum atomic E-state index is 12.9. The lowest BCUT2D eigenvalue weighted by molar-refractivity contribution is 0.628. The lowest BCUT2D eigenvalue weighted by Gasteiger charge is -2.04. The third-order valence-corrected chi connectivity index (χ3v) is 2.80. The second-order valence-corrected chi connectivity index (χ2v) is 3.87. The Bertz CT molecular complexity index is 688. The van der Waals surface area contributed by atoms with Crippen molar-refractivity contribution < 1.29 is 4.39 Å². The molecule has 0 aliphatic carbocycles. The summed E-state index contributed by atoms with van der Waals surface area (Å²) < 4.78 is 14.8. The highest BCUT2D eigenvalue weighted by Gasteiger charge is 2.09. The fourth-order valence-corrected chi connectivity index (χ4v) is 1.93. The molecule has 90 valence electrons. The number of hydrogen-bond acceptors (Lipinski definition) is 3. The van der Waals surface area contributed by atoms with E-state index in [1.54, 1.807) is 31.6 Å².